The molecule has 0 radical (unpaired) electrons. The molecule has 1 atom stereocenters. The van der Waals surface area contributed by atoms with Crippen molar-refractivity contribution in [2.24, 2.45) is 0 Å². The van der Waals surface area contributed by atoms with Crippen LogP contribution in [0, 0.1) is 0 Å². The van der Waals surface area contributed by atoms with Crippen LogP contribution in [0.25, 0.3) is 0 Å². The quantitative estimate of drug-likeness (QED) is 0.662. The van der Waals surface area contributed by atoms with Gasteiger partial charge in [0.05, 0.1) is 6.61 Å². The molecule has 3 nitrogen and oxygen atoms in total. The Labute approximate surface area is 76.0 Å². The lowest BCUT2D eigenvalue weighted by atomic mass is 9.94. The third kappa shape index (κ3) is 1.26. The topological polar surface area (TPSA) is 46.5 Å². The summed E-state index contributed by atoms with van der Waals surface area (Å²) in [5, 5.41) is 9.43. The fourth-order valence-corrected chi connectivity index (χ4v) is 1.58. The van der Waals surface area contributed by atoms with Crippen molar-refractivity contribution in [1.29, 1.82) is 0 Å². The van der Waals surface area contributed by atoms with E-state index >= 15 is 0 Å². The average molecular weight is 178 g/mol. The van der Waals surface area contributed by atoms with Gasteiger partial charge in [-0.05, 0) is 12.5 Å². The number of benzene rings is 1. The molecule has 0 saturated carbocycles. The molecule has 1 unspecified atom stereocenters. The standard InChI is InChI=1S/C10H10O3/c11-6-7-4-5-13-10-8(7)2-1-3-9(10)12/h1-3,6-7,12H,4-5H2. The van der Waals surface area contributed by atoms with E-state index in [0.717, 1.165) is 11.8 Å². The molecule has 13 heavy (non-hydrogen) atoms. The van der Waals surface area contributed by atoms with E-state index in [1.54, 1.807) is 12.1 Å². The van der Waals surface area contributed by atoms with E-state index in [9.17, 15) is 9.90 Å². The van der Waals surface area contributed by atoms with Gasteiger partial charge in [0, 0.05) is 11.5 Å². The molecule has 0 bridgehead atoms. The van der Waals surface area contributed by atoms with Crippen molar-refractivity contribution in [1.82, 2.24) is 0 Å². The molecule has 1 N–H and O–H groups in total. The molecule has 1 heterocycles. The minimum atomic E-state index is -0.129. The summed E-state index contributed by atoms with van der Waals surface area (Å²) in [4.78, 5) is 10.7. The van der Waals surface area contributed by atoms with Crippen molar-refractivity contribution in [3.8, 4) is 11.5 Å². The zero-order valence-corrected chi connectivity index (χ0v) is 7.06. The van der Waals surface area contributed by atoms with E-state index < -0.39 is 0 Å². The Balaban J connectivity index is 2.51. The van der Waals surface area contributed by atoms with Crippen LogP contribution in [0.5, 0.6) is 11.5 Å². The third-order valence-corrected chi connectivity index (χ3v) is 2.26. The van der Waals surface area contributed by atoms with Crippen molar-refractivity contribution in [2.45, 2.75) is 12.3 Å². The third-order valence-electron chi connectivity index (χ3n) is 2.26. The summed E-state index contributed by atoms with van der Waals surface area (Å²) in [5.74, 6) is 0.450. The van der Waals surface area contributed by atoms with Gasteiger partial charge in [-0.1, -0.05) is 12.1 Å². The Bertz CT molecular complexity index is 333. The lowest BCUT2D eigenvalue weighted by Gasteiger charge is -2.22. The van der Waals surface area contributed by atoms with Crippen molar-refractivity contribution in [3.05, 3.63) is 23.8 Å². The summed E-state index contributed by atoms with van der Waals surface area (Å²) in [7, 11) is 0. The first-order valence-corrected chi connectivity index (χ1v) is 4.23. The van der Waals surface area contributed by atoms with Crippen LogP contribution in [0.3, 0.4) is 0 Å². The first-order chi connectivity index (χ1) is 6.33. The molecule has 0 aromatic heterocycles. The summed E-state index contributed by atoms with van der Waals surface area (Å²) >= 11 is 0. The number of aldehydes is 1. The van der Waals surface area contributed by atoms with E-state index in [2.05, 4.69) is 0 Å². The highest BCUT2D eigenvalue weighted by Gasteiger charge is 2.22. The average Bonchev–Trinajstić information content (AvgIpc) is 2.18. The molecule has 1 aliphatic rings. The molecule has 2 rings (SSSR count). The van der Waals surface area contributed by atoms with Crippen molar-refractivity contribution in [2.75, 3.05) is 6.61 Å². The Morgan fingerprint density at radius 1 is 1.54 bits per heavy atom. The van der Waals surface area contributed by atoms with Crippen molar-refractivity contribution >= 4 is 6.29 Å². The first-order valence-electron chi connectivity index (χ1n) is 4.23. The van der Waals surface area contributed by atoms with Crippen LogP contribution in [-0.4, -0.2) is 18.0 Å². The number of para-hydroxylation sites is 1. The Hall–Kier alpha value is -1.51. The van der Waals surface area contributed by atoms with Crippen LogP contribution in [-0.2, 0) is 4.79 Å². The minimum absolute atomic E-state index is 0.115. The first kappa shape index (κ1) is 8.10. The van der Waals surface area contributed by atoms with E-state index in [1.165, 1.54) is 0 Å². The molecule has 0 spiro atoms. The van der Waals surface area contributed by atoms with Crippen LogP contribution in [0.1, 0.15) is 17.9 Å². The summed E-state index contributed by atoms with van der Waals surface area (Å²) in [6.07, 6.45) is 1.60. The van der Waals surface area contributed by atoms with Gasteiger partial charge < -0.3 is 14.6 Å². The van der Waals surface area contributed by atoms with Crippen molar-refractivity contribution < 1.29 is 14.6 Å². The van der Waals surface area contributed by atoms with Gasteiger partial charge in [0.1, 0.15) is 6.29 Å². The fourth-order valence-electron chi connectivity index (χ4n) is 1.58. The van der Waals surface area contributed by atoms with Gasteiger partial charge in [-0.3, -0.25) is 0 Å². The fraction of sp³-hybridized carbons (Fsp3) is 0.300. The predicted molar refractivity (Wildman–Crippen MR) is 47.0 cm³/mol. The number of ether oxygens (including phenoxy) is 1. The van der Waals surface area contributed by atoms with Gasteiger partial charge in [-0.25, -0.2) is 0 Å². The van der Waals surface area contributed by atoms with Gasteiger partial charge in [0.25, 0.3) is 0 Å². The van der Waals surface area contributed by atoms with Gasteiger partial charge in [-0.2, -0.15) is 0 Å². The number of aromatic hydroxyl groups is 1. The smallest absolute Gasteiger partial charge is 0.164 e. The number of hydrogen-bond acceptors (Lipinski definition) is 3. The normalized spacial score (nSPS) is 20.2. The second-order valence-electron chi connectivity index (χ2n) is 3.08. The summed E-state index contributed by atoms with van der Waals surface area (Å²) in [6, 6.07) is 5.10. The second kappa shape index (κ2) is 3.09. The van der Waals surface area contributed by atoms with Gasteiger partial charge in [0.2, 0.25) is 0 Å². The number of phenols is 1. The number of carbonyl (C=O) groups excluding carboxylic acids is 1. The molecule has 0 aliphatic carbocycles. The van der Waals surface area contributed by atoms with Gasteiger partial charge >= 0.3 is 0 Å². The molecule has 1 aromatic carbocycles. The van der Waals surface area contributed by atoms with E-state index in [1.807, 2.05) is 6.07 Å². The molecule has 1 aromatic rings. The lowest BCUT2D eigenvalue weighted by Crippen LogP contribution is -2.14. The van der Waals surface area contributed by atoms with Crippen LogP contribution >= 0.6 is 0 Å². The zero-order chi connectivity index (χ0) is 9.26. The monoisotopic (exact) mass is 178 g/mol. The van der Waals surface area contributed by atoms with Gasteiger partial charge in [0.15, 0.2) is 11.5 Å². The van der Waals surface area contributed by atoms with Crippen LogP contribution in [0.15, 0.2) is 18.2 Å². The van der Waals surface area contributed by atoms with Crippen molar-refractivity contribution in [3.63, 3.8) is 0 Å². The molecule has 0 amide bonds. The molecular weight excluding hydrogens is 168 g/mol. The number of rotatable bonds is 1. The number of fused-ring (bicyclic) bond motifs is 1. The molecule has 0 saturated heterocycles. The predicted octanol–water partition coefficient (Wildman–Crippen LogP) is 1.46. The van der Waals surface area contributed by atoms with E-state index in [0.29, 0.717) is 18.8 Å². The Morgan fingerprint density at radius 2 is 2.38 bits per heavy atom. The van der Waals surface area contributed by atoms with E-state index in [-0.39, 0.29) is 11.7 Å². The number of phenolic OH excluding ortho intramolecular Hbond substituents is 1. The summed E-state index contributed by atoms with van der Waals surface area (Å²) < 4.78 is 5.28. The molecule has 1 aliphatic heterocycles. The molecule has 0 fully saturated rings. The maximum Gasteiger partial charge on any atom is 0.164 e. The highest BCUT2D eigenvalue weighted by Crippen LogP contribution is 2.38. The molecule has 68 valence electrons. The van der Waals surface area contributed by atoms with E-state index in [4.69, 9.17) is 4.74 Å². The Kier molecular flexibility index (Phi) is 1.93. The van der Waals surface area contributed by atoms with Crippen LogP contribution < -0.4 is 4.74 Å². The second-order valence-corrected chi connectivity index (χ2v) is 3.08. The Morgan fingerprint density at radius 3 is 3.15 bits per heavy atom. The van der Waals surface area contributed by atoms with Crippen LogP contribution in [0.4, 0.5) is 0 Å². The zero-order valence-electron chi connectivity index (χ0n) is 7.06. The minimum Gasteiger partial charge on any atom is -0.504 e. The highest BCUT2D eigenvalue weighted by atomic mass is 16.5. The van der Waals surface area contributed by atoms with Crippen LogP contribution in [0.2, 0.25) is 0 Å². The number of hydrogen-bond donors (Lipinski definition) is 1. The molecular formula is C10H10O3. The highest BCUT2D eigenvalue weighted by molar-refractivity contribution is 5.66. The largest absolute Gasteiger partial charge is 0.504 e. The number of carbonyl (C=O) groups is 1. The lowest BCUT2D eigenvalue weighted by molar-refractivity contribution is -0.109. The molecule has 3 heteroatoms. The maximum atomic E-state index is 10.7. The maximum absolute atomic E-state index is 10.7. The summed E-state index contributed by atoms with van der Waals surface area (Å²) in [6.45, 7) is 0.494. The SMILES string of the molecule is O=CC1CCOc2c(O)cccc21. The van der Waals surface area contributed by atoms with Gasteiger partial charge in [-0.15, -0.1) is 0 Å². The summed E-state index contributed by atoms with van der Waals surface area (Å²) in [5.41, 5.74) is 0.793.